The topological polar surface area (TPSA) is 80.8 Å². The predicted molar refractivity (Wildman–Crippen MR) is 105 cm³/mol. The summed E-state index contributed by atoms with van der Waals surface area (Å²) < 4.78 is 10.9. The first-order valence-electron chi connectivity index (χ1n) is 9.20. The molecule has 2 aromatic rings. The number of nitrogens with one attached hydrogen (secondary N) is 1. The molecule has 0 saturated carbocycles. The van der Waals surface area contributed by atoms with Crippen molar-refractivity contribution in [2.24, 2.45) is 0 Å². The molecule has 1 aromatic heterocycles. The number of nitrogens with zero attached hydrogens (tertiary/aromatic N) is 2. The molecule has 3 rings (SSSR count). The first kappa shape index (κ1) is 20.0. The number of morpholine rings is 1. The third kappa shape index (κ3) is 4.37. The molecule has 28 heavy (non-hydrogen) atoms. The molecule has 0 aliphatic carbocycles. The standard InChI is InChI=1S/C21H25N3O4/c1-22-20(26)21(15-24(10-11-28-21)19(25)14-27-2)13-16-4-3-5-18(12-16)17-6-8-23-9-7-17/h3-9,12H,10-11,13-15H2,1-2H3,(H,22,26)/t21-/m1/s1. The van der Waals surface area contributed by atoms with Crippen LogP contribution in [-0.2, 0) is 25.5 Å². The molecular weight excluding hydrogens is 358 g/mol. The summed E-state index contributed by atoms with van der Waals surface area (Å²) in [6.07, 6.45) is 3.86. The Hall–Kier alpha value is -2.77. The third-order valence-corrected chi connectivity index (χ3v) is 4.88. The lowest BCUT2D eigenvalue weighted by Crippen LogP contribution is -2.62. The van der Waals surface area contributed by atoms with E-state index in [1.807, 2.05) is 36.4 Å². The zero-order chi connectivity index (χ0) is 20.0. The Bertz CT molecular complexity index is 827. The molecule has 2 heterocycles. The Morgan fingerprint density at radius 1 is 1.25 bits per heavy atom. The number of rotatable bonds is 6. The Morgan fingerprint density at radius 3 is 2.75 bits per heavy atom. The van der Waals surface area contributed by atoms with Crippen LogP contribution in [0.25, 0.3) is 11.1 Å². The van der Waals surface area contributed by atoms with Gasteiger partial charge in [0.05, 0.1) is 13.2 Å². The van der Waals surface area contributed by atoms with Crippen molar-refractivity contribution in [1.29, 1.82) is 0 Å². The van der Waals surface area contributed by atoms with Crippen molar-refractivity contribution in [1.82, 2.24) is 15.2 Å². The minimum atomic E-state index is -1.13. The number of benzene rings is 1. The zero-order valence-electron chi connectivity index (χ0n) is 16.2. The minimum absolute atomic E-state index is 0.0125. The number of amides is 2. The minimum Gasteiger partial charge on any atom is -0.375 e. The number of carbonyl (C=O) groups excluding carboxylic acids is 2. The van der Waals surface area contributed by atoms with Crippen LogP contribution in [0.3, 0.4) is 0 Å². The van der Waals surface area contributed by atoms with Gasteiger partial charge in [0.1, 0.15) is 6.61 Å². The number of ether oxygens (including phenoxy) is 2. The molecule has 2 amide bonds. The summed E-state index contributed by atoms with van der Waals surface area (Å²) in [7, 11) is 3.06. The summed E-state index contributed by atoms with van der Waals surface area (Å²) >= 11 is 0. The van der Waals surface area contributed by atoms with Crippen LogP contribution in [0.1, 0.15) is 5.56 Å². The van der Waals surface area contributed by atoms with Crippen LogP contribution in [0.5, 0.6) is 0 Å². The number of hydrogen-bond acceptors (Lipinski definition) is 5. The van der Waals surface area contributed by atoms with Crippen molar-refractivity contribution in [3.63, 3.8) is 0 Å². The number of likely N-dealkylation sites (N-methyl/N-ethyl adjacent to an activating group) is 1. The van der Waals surface area contributed by atoms with Gasteiger partial charge in [0.15, 0.2) is 5.60 Å². The van der Waals surface area contributed by atoms with E-state index in [1.54, 1.807) is 24.3 Å². The molecule has 148 valence electrons. The maximum Gasteiger partial charge on any atom is 0.254 e. The molecular formula is C21H25N3O4. The van der Waals surface area contributed by atoms with Crippen molar-refractivity contribution in [3.8, 4) is 11.1 Å². The number of aromatic nitrogens is 1. The summed E-state index contributed by atoms with van der Waals surface area (Å²) in [6, 6.07) is 11.9. The smallest absolute Gasteiger partial charge is 0.254 e. The maximum atomic E-state index is 12.8. The second kappa shape index (κ2) is 8.95. The molecule has 1 N–H and O–H groups in total. The highest BCUT2D eigenvalue weighted by Crippen LogP contribution is 2.27. The van der Waals surface area contributed by atoms with E-state index in [2.05, 4.69) is 10.3 Å². The molecule has 1 atom stereocenters. The second-order valence-electron chi connectivity index (χ2n) is 6.78. The summed E-state index contributed by atoms with van der Waals surface area (Å²) in [5, 5.41) is 2.69. The van der Waals surface area contributed by atoms with Gasteiger partial charge < -0.3 is 19.7 Å². The van der Waals surface area contributed by atoms with Gasteiger partial charge in [-0.1, -0.05) is 24.3 Å². The lowest BCUT2D eigenvalue weighted by Gasteiger charge is -2.41. The number of methoxy groups -OCH3 is 1. The number of hydrogen-bond donors (Lipinski definition) is 1. The largest absolute Gasteiger partial charge is 0.375 e. The van der Waals surface area contributed by atoms with Gasteiger partial charge in [-0.15, -0.1) is 0 Å². The highest BCUT2D eigenvalue weighted by Gasteiger charge is 2.44. The summed E-state index contributed by atoms with van der Waals surface area (Å²) in [5.41, 5.74) is 1.91. The van der Waals surface area contributed by atoms with E-state index in [0.717, 1.165) is 16.7 Å². The predicted octanol–water partition coefficient (Wildman–Crippen LogP) is 1.28. The fraction of sp³-hybridized carbons (Fsp3) is 0.381. The van der Waals surface area contributed by atoms with Crippen LogP contribution in [-0.4, -0.2) is 67.8 Å². The SMILES string of the molecule is CNC(=O)[C@@]1(Cc2cccc(-c3ccncc3)c2)CN(C(=O)COC)CCO1. The highest BCUT2D eigenvalue weighted by atomic mass is 16.5. The molecule has 1 aliphatic heterocycles. The van der Waals surface area contributed by atoms with Gasteiger partial charge >= 0.3 is 0 Å². The van der Waals surface area contributed by atoms with E-state index in [4.69, 9.17) is 9.47 Å². The molecule has 0 spiro atoms. The normalized spacial score (nSPS) is 19.3. The average Bonchev–Trinajstić information content (AvgIpc) is 2.74. The van der Waals surface area contributed by atoms with Crippen LogP contribution in [0.2, 0.25) is 0 Å². The van der Waals surface area contributed by atoms with Crippen molar-refractivity contribution in [2.75, 3.05) is 40.5 Å². The van der Waals surface area contributed by atoms with Gasteiger partial charge in [0.25, 0.3) is 5.91 Å². The molecule has 0 bridgehead atoms. The summed E-state index contributed by atoms with van der Waals surface area (Å²) in [5.74, 6) is -0.388. The van der Waals surface area contributed by atoms with Crippen molar-refractivity contribution < 1.29 is 19.1 Å². The Balaban J connectivity index is 1.87. The Morgan fingerprint density at radius 2 is 2.04 bits per heavy atom. The van der Waals surface area contributed by atoms with Crippen molar-refractivity contribution in [2.45, 2.75) is 12.0 Å². The summed E-state index contributed by atoms with van der Waals surface area (Å²) in [6.45, 7) is 0.917. The van der Waals surface area contributed by atoms with Crippen LogP contribution < -0.4 is 5.32 Å². The fourth-order valence-electron chi connectivity index (χ4n) is 3.50. The molecule has 0 radical (unpaired) electrons. The fourth-order valence-corrected chi connectivity index (χ4v) is 3.50. The molecule has 0 unspecified atom stereocenters. The number of carbonyl (C=O) groups is 2. The van der Waals surface area contributed by atoms with Gasteiger partial charge in [-0.05, 0) is 28.8 Å². The van der Waals surface area contributed by atoms with Gasteiger partial charge in [0, 0.05) is 39.5 Å². The van der Waals surface area contributed by atoms with Gasteiger partial charge in [0.2, 0.25) is 5.91 Å². The van der Waals surface area contributed by atoms with E-state index < -0.39 is 5.60 Å². The van der Waals surface area contributed by atoms with Gasteiger partial charge in [-0.3, -0.25) is 14.6 Å². The zero-order valence-corrected chi connectivity index (χ0v) is 16.2. The second-order valence-corrected chi connectivity index (χ2v) is 6.78. The Kier molecular flexibility index (Phi) is 6.38. The van der Waals surface area contributed by atoms with E-state index in [9.17, 15) is 9.59 Å². The molecule has 1 aliphatic rings. The first-order valence-corrected chi connectivity index (χ1v) is 9.20. The van der Waals surface area contributed by atoms with Crippen LogP contribution in [0, 0.1) is 0 Å². The van der Waals surface area contributed by atoms with E-state index in [-0.39, 0.29) is 25.0 Å². The lowest BCUT2D eigenvalue weighted by atomic mass is 9.90. The molecule has 7 heteroatoms. The lowest BCUT2D eigenvalue weighted by molar-refractivity contribution is -0.167. The van der Waals surface area contributed by atoms with E-state index >= 15 is 0 Å². The van der Waals surface area contributed by atoms with Gasteiger partial charge in [-0.25, -0.2) is 0 Å². The first-order chi connectivity index (χ1) is 13.6. The quantitative estimate of drug-likeness (QED) is 0.813. The van der Waals surface area contributed by atoms with Crippen LogP contribution in [0.15, 0.2) is 48.8 Å². The maximum absolute atomic E-state index is 12.8. The van der Waals surface area contributed by atoms with E-state index in [1.165, 1.54) is 7.11 Å². The van der Waals surface area contributed by atoms with Crippen LogP contribution >= 0.6 is 0 Å². The summed E-state index contributed by atoms with van der Waals surface area (Å²) in [4.78, 5) is 30.7. The molecule has 1 aromatic carbocycles. The van der Waals surface area contributed by atoms with E-state index in [0.29, 0.717) is 19.6 Å². The van der Waals surface area contributed by atoms with Crippen molar-refractivity contribution in [3.05, 3.63) is 54.4 Å². The average molecular weight is 383 g/mol. The molecule has 1 fully saturated rings. The van der Waals surface area contributed by atoms with Crippen molar-refractivity contribution >= 4 is 11.8 Å². The molecule has 1 saturated heterocycles. The molecule has 7 nitrogen and oxygen atoms in total. The Labute approximate surface area is 164 Å². The highest BCUT2D eigenvalue weighted by molar-refractivity contribution is 5.87. The monoisotopic (exact) mass is 383 g/mol. The van der Waals surface area contributed by atoms with Crippen LogP contribution in [0.4, 0.5) is 0 Å². The number of pyridine rings is 1. The third-order valence-electron chi connectivity index (χ3n) is 4.88. The van der Waals surface area contributed by atoms with Gasteiger partial charge in [-0.2, -0.15) is 0 Å².